The van der Waals surface area contributed by atoms with Crippen molar-refractivity contribution >= 4 is 39.7 Å². The number of hydrogen-bond acceptors (Lipinski definition) is 3. The molecule has 78 valence electrons. The van der Waals surface area contributed by atoms with Gasteiger partial charge in [0.1, 0.15) is 0 Å². The zero-order valence-electron chi connectivity index (χ0n) is 8.34. The second-order valence-corrected chi connectivity index (χ2v) is 6.03. The van der Waals surface area contributed by atoms with Crippen LogP contribution in [-0.4, -0.2) is 5.75 Å². The minimum Gasteiger partial charge on any atom is -0.193 e. The number of allylic oxidation sites excluding steroid dienone is 1. The summed E-state index contributed by atoms with van der Waals surface area (Å²) in [6.45, 7) is 1.76. The summed E-state index contributed by atoms with van der Waals surface area (Å²) < 4.78 is 0. The van der Waals surface area contributed by atoms with Gasteiger partial charge in [-0.3, -0.25) is 0 Å². The van der Waals surface area contributed by atoms with Crippen molar-refractivity contribution in [2.45, 2.75) is 19.1 Å². The van der Waals surface area contributed by atoms with Gasteiger partial charge in [-0.2, -0.15) is 17.0 Å². The quantitative estimate of drug-likeness (QED) is 0.708. The van der Waals surface area contributed by atoms with Gasteiger partial charge in [0, 0.05) is 21.1 Å². The summed E-state index contributed by atoms with van der Waals surface area (Å²) in [5.74, 6) is 2.28. The van der Waals surface area contributed by atoms with Crippen LogP contribution >= 0.6 is 34.7 Å². The monoisotopic (exact) mass is 255 g/mol. The number of fused-ring (bicyclic) bond motifs is 1. The highest BCUT2D eigenvalue weighted by atomic mass is 35.5. The SMILES string of the molecule is CC(C#N)=C(Cl)c1cc2c(s1)CCSC2. The van der Waals surface area contributed by atoms with Crippen molar-refractivity contribution in [3.05, 3.63) is 27.0 Å². The van der Waals surface area contributed by atoms with Gasteiger partial charge in [0.2, 0.25) is 0 Å². The topological polar surface area (TPSA) is 23.8 Å². The van der Waals surface area contributed by atoms with E-state index in [4.69, 9.17) is 16.9 Å². The Balaban J connectivity index is 2.39. The first kappa shape index (κ1) is 11.1. The molecule has 0 N–H and O–H groups in total. The van der Waals surface area contributed by atoms with Crippen molar-refractivity contribution in [3.8, 4) is 6.07 Å². The van der Waals surface area contributed by atoms with E-state index in [0.29, 0.717) is 10.6 Å². The maximum atomic E-state index is 8.78. The van der Waals surface area contributed by atoms with Gasteiger partial charge in [-0.05, 0) is 30.7 Å². The molecule has 0 radical (unpaired) electrons. The Labute approximate surface area is 103 Å². The smallest absolute Gasteiger partial charge is 0.0960 e. The molecule has 0 saturated carbocycles. The molecule has 1 aromatic rings. The first-order valence-corrected chi connectivity index (χ1v) is 7.03. The first-order valence-electron chi connectivity index (χ1n) is 4.68. The third-order valence-electron chi connectivity index (χ3n) is 2.34. The number of thioether (sulfide) groups is 1. The molecule has 1 aromatic heterocycles. The van der Waals surface area contributed by atoms with Gasteiger partial charge in [0.15, 0.2) is 0 Å². The van der Waals surface area contributed by atoms with Crippen LogP contribution in [0.3, 0.4) is 0 Å². The lowest BCUT2D eigenvalue weighted by molar-refractivity contribution is 1.13. The Morgan fingerprint density at radius 1 is 1.60 bits per heavy atom. The number of nitriles is 1. The van der Waals surface area contributed by atoms with Crippen LogP contribution in [0.1, 0.15) is 22.2 Å². The Morgan fingerprint density at radius 2 is 2.40 bits per heavy atom. The molecule has 0 bridgehead atoms. The summed E-state index contributed by atoms with van der Waals surface area (Å²) in [4.78, 5) is 2.48. The molecule has 2 heterocycles. The number of aryl methyl sites for hydroxylation is 1. The molecule has 2 rings (SSSR count). The lowest BCUT2D eigenvalue weighted by atomic mass is 10.2. The number of halogens is 1. The predicted molar refractivity (Wildman–Crippen MR) is 68.2 cm³/mol. The van der Waals surface area contributed by atoms with Crippen LogP contribution < -0.4 is 0 Å². The van der Waals surface area contributed by atoms with Crippen molar-refractivity contribution in [1.29, 1.82) is 5.26 Å². The fraction of sp³-hybridized carbons (Fsp3) is 0.364. The van der Waals surface area contributed by atoms with Crippen molar-refractivity contribution in [1.82, 2.24) is 0 Å². The zero-order chi connectivity index (χ0) is 10.8. The average molecular weight is 256 g/mol. The molecule has 0 atom stereocenters. The molecular formula is C11H10ClNS2. The summed E-state index contributed by atoms with van der Waals surface area (Å²) in [6, 6.07) is 4.23. The number of hydrogen-bond donors (Lipinski definition) is 0. The van der Waals surface area contributed by atoms with Crippen LogP contribution in [0.4, 0.5) is 0 Å². The van der Waals surface area contributed by atoms with Gasteiger partial charge in [0.25, 0.3) is 0 Å². The second-order valence-electron chi connectivity index (χ2n) is 3.41. The Hall–Kier alpha value is -0.430. The summed E-state index contributed by atoms with van der Waals surface area (Å²) in [5.41, 5.74) is 2.00. The third-order valence-corrected chi connectivity index (χ3v) is 5.20. The Kier molecular flexibility index (Phi) is 3.40. The number of rotatable bonds is 1. The molecule has 0 aliphatic carbocycles. The van der Waals surface area contributed by atoms with E-state index in [0.717, 1.165) is 17.1 Å². The molecule has 1 aliphatic rings. The van der Waals surface area contributed by atoms with Crippen molar-refractivity contribution in [2.75, 3.05) is 5.75 Å². The third kappa shape index (κ3) is 2.23. The maximum absolute atomic E-state index is 8.78. The maximum Gasteiger partial charge on any atom is 0.0960 e. The molecule has 0 aromatic carbocycles. The van der Waals surface area contributed by atoms with Gasteiger partial charge < -0.3 is 0 Å². The normalized spacial score (nSPS) is 16.6. The van der Waals surface area contributed by atoms with E-state index in [-0.39, 0.29) is 0 Å². The van der Waals surface area contributed by atoms with E-state index in [1.165, 1.54) is 16.2 Å². The Bertz CT molecular complexity index is 430. The zero-order valence-corrected chi connectivity index (χ0v) is 10.7. The van der Waals surface area contributed by atoms with Crippen LogP contribution in [0.15, 0.2) is 11.6 Å². The van der Waals surface area contributed by atoms with Crippen LogP contribution in [0.5, 0.6) is 0 Å². The Morgan fingerprint density at radius 3 is 3.07 bits per heavy atom. The predicted octanol–water partition coefficient (Wildman–Crippen LogP) is 4.03. The second kappa shape index (κ2) is 4.61. The minimum atomic E-state index is 0.600. The molecule has 15 heavy (non-hydrogen) atoms. The first-order chi connectivity index (χ1) is 7.22. The van der Waals surface area contributed by atoms with Gasteiger partial charge in [0.05, 0.1) is 11.1 Å². The van der Waals surface area contributed by atoms with Crippen molar-refractivity contribution in [3.63, 3.8) is 0 Å². The average Bonchev–Trinajstić information content (AvgIpc) is 2.70. The lowest BCUT2D eigenvalue weighted by Crippen LogP contribution is -1.96. The number of nitrogens with zero attached hydrogens (tertiary/aromatic N) is 1. The van der Waals surface area contributed by atoms with Crippen LogP contribution in [0.25, 0.3) is 5.03 Å². The van der Waals surface area contributed by atoms with Gasteiger partial charge >= 0.3 is 0 Å². The highest BCUT2D eigenvalue weighted by Crippen LogP contribution is 2.36. The molecule has 0 unspecified atom stereocenters. The molecule has 0 spiro atoms. The molecule has 1 nitrogen and oxygen atoms in total. The number of thiophene rings is 1. The van der Waals surface area contributed by atoms with Crippen LogP contribution in [0, 0.1) is 11.3 Å². The summed E-state index contributed by atoms with van der Waals surface area (Å²) in [5, 5.41) is 9.39. The van der Waals surface area contributed by atoms with Crippen LogP contribution in [-0.2, 0) is 12.2 Å². The fourth-order valence-electron chi connectivity index (χ4n) is 1.49. The molecule has 4 heteroatoms. The molecule has 0 saturated heterocycles. The molecule has 0 fully saturated rings. The highest BCUT2D eigenvalue weighted by Gasteiger charge is 2.15. The molecular weight excluding hydrogens is 246 g/mol. The standard InChI is InChI=1S/C11H10ClNS2/c1-7(5-13)11(12)10-4-8-6-14-3-2-9(8)15-10/h4H,2-3,6H2,1H3. The highest BCUT2D eigenvalue weighted by molar-refractivity contribution is 7.98. The van der Waals surface area contributed by atoms with Crippen molar-refractivity contribution < 1.29 is 0 Å². The van der Waals surface area contributed by atoms with Gasteiger partial charge in [-0.15, -0.1) is 11.3 Å². The van der Waals surface area contributed by atoms with E-state index in [9.17, 15) is 0 Å². The summed E-state index contributed by atoms with van der Waals surface area (Å²) in [7, 11) is 0. The van der Waals surface area contributed by atoms with E-state index < -0.39 is 0 Å². The van der Waals surface area contributed by atoms with E-state index >= 15 is 0 Å². The van der Waals surface area contributed by atoms with Crippen LogP contribution in [0.2, 0.25) is 0 Å². The van der Waals surface area contributed by atoms with Gasteiger partial charge in [-0.1, -0.05) is 11.6 Å². The lowest BCUT2D eigenvalue weighted by Gasteiger charge is -2.08. The summed E-state index contributed by atoms with van der Waals surface area (Å²) in [6.07, 6.45) is 1.14. The minimum absolute atomic E-state index is 0.600. The van der Waals surface area contributed by atoms with Crippen molar-refractivity contribution in [2.24, 2.45) is 0 Å². The summed E-state index contributed by atoms with van der Waals surface area (Å²) >= 11 is 9.83. The van der Waals surface area contributed by atoms with E-state index in [1.54, 1.807) is 18.3 Å². The molecule has 1 aliphatic heterocycles. The fourth-order valence-corrected chi connectivity index (χ4v) is 4.07. The largest absolute Gasteiger partial charge is 0.193 e. The van der Waals surface area contributed by atoms with E-state index in [1.807, 2.05) is 11.8 Å². The molecule has 0 amide bonds. The van der Waals surface area contributed by atoms with E-state index in [2.05, 4.69) is 12.1 Å². The van der Waals surface area contributed by atoms with Gasteiger partial charge in [-0.25, -0.2) is 0 Å².